The molecular formula is C12H18ClNO2. The molecule has 1 aromatic rings. The van der Waals surface area contributed by atoms with Crippen LogP contribution in [0.4, 0.5) is 0 Å². The molecule has 3 nitrogen and oxygen atoms in total. The van der Waals surface area contributed by atoms with E-state index in [1.54, 1.807) is 7.11 Å². The molecule has 0 aromatic carbocycles. The minimum absolute atomic E-state index is 0.0226. The first-order valence-corrected chi connectivity index (χ1v) is 5.82. The van der Waals surface area contributed by atoms with Crippen LogP contribution < -0.4 is 0 Å². The highest BCUT2D eigenvalue weighted by Gasteiger charge is 2.17. The normalized spacial score (nSPS) is 12.8. The van der Waals surface area contributed by atoms with Crippen molar-refractivity contribution in [3.63, 3.8) is 0 Å². The highest BCUT2D eigenvalue weighted by atomic mass is 35.5. The lowest BCUT2D eigenvalue weighted by atomic mass is 10.2. The zero-order chi connectivity index (χ0) is 12.3. The van der Waals surface area contributed by atoms with Crippen molar-refractivity contribution in [2.24, 2.45) is 0 Å². The molecule has 16 heavy (non-hydrogen) atoms. The molecule has 0 fully saturated rings. The Bertz CT molecular complexity index is 385. The lowest BCUT2D eigenvalue weighted by Gasteiger charge is -2.17. The van der Waals surface area contributed by atoms with Gasteiger partial charge in [-0.2, -0.15) is 0 Å². The fourth-order valence-corrected chi connectivity index (χ4v) is 2.27. The van der Waals surface area contributed by atoms with Gasteiger partial charge in [0.15, 0.2) is 5.78 Å². The van der Waals surface area contributed by atoms with Crippen molar-refractivity contribution in [1.29, 1.82) is 0 Å². The van der Waals surface area contributed by atoms with Gasteiger partial charge in [0, 0.05) is 24.1 Å². The molecule has 1 aromatic heterocycles. The first-order chi connectivity index (χ1) is 7.52. The first-order valence-electron chi connectivity index (χ1n) is 5.29. The van der Waals surface area contributed by atoms with Gasteiger partial charge in [0.05, 0.1) is 18.5 Å². The number of hydrogen-bond acceptors (Lipinski definition) is 2. The van der Waals surface area contributed by atoms with Crippen molar-refractivity contribution in [2.75, 3.05) is 19.6 Å². The fourth-order valence-electron chi connectivity index (χ4n) is 2.13. The standard InChI is InChI=1S/C12H18ClNO2/c1-8-5-11(12(15)6-13)10(3)14(8)9(2)7-16-4/h5,9H,6-7H2,1-4H3. The molecule has 4 heteroatoms. The third-order valence-electron chi connectivity index (χ3n) is 2.75. The molecular weight excluding hydrogens is 226 g/mol. The Morgan fingerprint density at radius 2 is 2.19 bits per heavy atom. The van der Waals surface area contributed by atoms with Gasteiger partial charge < -0.3 is 9.30 Å². The topological polar surface area (TPSA) is 31.2 Å². The minimum atomic E-state index is -0.0226. The Balaban J connectivity index is 3.11. The van der Waals surface area contributed by atoms with E-state index in [9.17, 15) is 4.79 Å². The number of ether oxygens (including phenoxy) is 1. The van der Waals surface area contributed by atoms with Gasteiger partial charge in [-0.05, 0) is 26.8 Å². The molecule has 90 valence electrons. The van der Waals surface area contributed by atoms with E-state index in [2.05, 4.69) is 11.5 Å². The summed E-state index contributed by atoms with van der Waals surface area (Å²) in [5.41, 5.74) is 2.75. The zero-order valence-electron chi connectivity index (χ0n) is 10.2. The number of halogens is 1. The molecule has 1 unspecified atom stereocenters. The number of Topliss-reactive ketones (excluding diaryl/α,β-unsaturated/α-hetero) is 1. The van der Waals surface area contributed by atoms with Gasteiger partial charge in [-0.3, -0.25) is 4.79 Å². The largest absolute Gasteiger partial charge is 0.383 e. The second kappa shape index (κ2) is 5.51. The Kier molecular flexibility index (Phi) is 4.56. The smallest absolute Gasteiger partial charge is 0.179 e. The molecule has 0 aliphatic carbocycles. The molecule has 0 radical (unpaired) electrons. The van der Waals surface area contributed by atoms with E-state index in [1.165, 1.54) is 0 Å². The van der Waals surface area contributed by atoms with Crippen molar-refractivity contribution in [3.05, 3.63) is 23.0 Å². The van der Waals surface area contributed by atoms with E-state index in [-0.39, 0.29) is 17.7 Å². The van der Waals surface area contributed by atoms with Crippen molar-refractivity contribution >= 4 is 17.4 Å². The van der Waals surface area contributed by atoms with Gasteiger partial charge in [-0.1, -0.05) is 0 Å². The van der Waals surface area contributed by atoms with E-state index in [1.807, 2.05) is 19.9 Å². The van der Waals surface area contributed by atoms with Crippen LogP contribution in [0.25, 0.3) is 0 Å². The summed E-state index contributed by atoms with van der Waals surface area (Å²) in [6.07, 6.45) is 0. The minimum Gasteiger partial charge on any atom is -0.383 e. The molecule has 0 saturated heterocycles. The van der Waals surface area contributed by atoms with Crippen molar-refractivity contribution < 1.29 is 9.53 Å². The van der Waals surface area contributed by atoms with Gasteiger partial charge in [0.2, 0.25) is 0 Å². The van der Waals surface area contributed by atoms with Crippen LogP contribution in [0, 0.1) is 13.8 Å². The number of hydrogen-bond donors (Lipinski definition) is 0. The second-order valence-corrected chi connectivity index (χ2v) is 4.28. The third-order valence-corrected chi connectivity index (χ3v) is 3.00. The van der Waals surface area contributed by atoms with Crippen LogP contribution in [-0.2, 0) is 4.74 Å². The fraction of sp³-hybridized carbons (Fsp3) is 0.583. The maximum Gasteiger partial charge on any atom is 0.179 e. The van der Waals surface area contributed by atoms with Crippen LogP contribution in [0.3, 0.4) is 0 Å². The molecule has 1 rings (SSSR count). The Morgan fingerprint density at radius 3 is 2.69 bits per heavy atom. The van der Waals surface area contributed by atoms with Crippen molar-refractivity contribution in [1.82, 2.24) is 4.57 Å². The number of aromatic nitrogens is 1. The molecule has 0 spiro atoms. The van der Waals surface area contributed by atoms with Gasteiger partial charge in [0.1, 0.15) is 0 Å². The summed E-state index contributed by atoms with van der Waals surface area (Å²) >= 11 is 5.58. The second-order valence-electron chi connectivity index (χ2n) is 4.02. The SMILES string of the molecule is COCC(C)n1c(C)cc(C(=O)CCl)c1C. The predicted octanol–water partition coefficient (Wildman–Crippen LogP) is 2.73. The summed E-state index contributed by atoms with van der Waals surface area (Å²) in [5, 5.41) is 0. The predicted molar refractivity (Wildman–Crippen MR) is 65.5 cm³/mol. The number of carbonyl (C=O) groups is 1. The van der Waals surface area contributed by atoms with Crippen LogP contribution in [0.1, 0.15) is 34.7 Å². The van der Waals surface area contributed by atoms with Gasteiger partial charge >= 0.3 is 0 Å². The number of methoxy groups -OCH3 is 1. The molecule has 0 bridgehead atoms. The van der Waals surface area contributed by atoms with Gasteiger partial charge in [-0.25, -0.2) is 0 Å². The van der Waals surface area contributed by atoms with Gasteiger partial charge in [-0.15, -0.1) is 11.6 Å². The summed E-state index contributed by atoms with van der Waals surface area (Å²) in [6.45, 7) is 6.63. The van der Waals surface area contributed by atoms with E-state index >= 15 is 0 Å². The lowest BCUT2D eigenvalue weighted by molar-refractivity contribution is 0.102. The number of carbonyl (C=O) groups excluding carboxylic acids is 1. The molecule has 0 saturated carbocycles. The Hall–Kier alpha value is -0.800. The van der Waals surface area contributed by atoms with Crippen LogP contribution in [0.5, 0.6) is 0 Å². The van der Waals surface area contributed by atoms with Crippen LogP contribution in [0.15, 0.2) is 6.07 Å². The maximum atomic E-state index is 11.6. The number of ketones is 1. The number of rotatable bonds is 5. The first kappa shape index (κ1) is 13.3. The van der Waals surface area contributed by atoms with Crippen molar-refractivity contribution in [2.45, 2.75) is 26.8 Å². The number of alkyl halides is 1. The van der Waals surface area contributed by atoms with E-state index in [4.69, 9.17) is 16.3 Å². The van der Waals surface area contributed by atoms with Crippen LogP contribution in [-0.4, -0.2) is 29.9 Å². The quantitative estimate of drug-likeness (QED) is 0.588. The molecule has 1 atom stereocenters. The summed E-state index contributed by atoms with van der Waals surface area (Å²) in [6, 6.07) is 2.12. The average Bonchev–Trinajstić information content (AvgIpc) is 2.53. The molecule has 0 amide bonds. The summed E-state index contributed by atoms with van der Waals surface area (Å²) in [5.74, 6) is 0.00814. The highest BCUT2D eigenvalue weighted by Crippen LogP contribution is 2.21. The summed E-state index contributed by atoms with van der Waals surface area (Å²) in [4.78, 5) is 11.6. The van der Waals surface area contributed by atoms with E-state index in [0.29, 0.717) is 6.61 Å². The monoisotopic (exact) mass is 243 g/mol. The highest BCUT2D eigenvalue weighted by molar-refractivity contribution is 6.30. The van der Waals surface area contributed by atoms with Crippen LogP contribution in [0.2, 0.25) is 0 Å². The average molecular weight is 244 g/mol. The van der Waals surface area contributed by atoms with Gasteiger partial charge in [0.25, 0.3) is 0 Å². The van der Waals surface area contributed by atoms with E-state index < -0.39 is 0 Å². The lowest BCUT2D eigenvalue weighted by Crippen LogP contribution is -2.14. The molecule has 0 aliphatic heterocycles. The Morgan fingerprint density at radius 1 is 1.56 bits per heavy atom. The summed E-state index contributed by atoms with van der Waals surface area (Å²) < 4.78 is 7.25. The zero-order valence-corrected chi connectivity index (χ0v) is 11.0. The maximum absolute atomic E-state index is 11.6. The Labute approximate surface area is 101 Å². The summed E-state index contributed by atoms with van der Waals surface area (Å²) in [7, 11) is 1.68. The number of aryl methyl sites for hydroxylation is 1. The molecule has 1 heterocycles. The molecule has 0 N–H and O–H groups in total. The van der Waals surface area contributed by atoms with Crippen LogP contribution >= 0.6 is 11.6 Å². The number of nitrogens with zero attached hydrogens (tertiary/aromatic N) is 1. The van der Waals surface area contributed by atoms with E-state index in [0.717, 1.165) is 17.0 Å². The third kappa shape index (κ3) is 2.47. The molecule has 0 aliphatic rings. The van der Waals surface area contributed by atoms with Crippen molar-refractivity contribution in [3.8, 4) is 0 Å².